The topological polar surface area (TPSA) is 141 Å². The zero-order valence-corrected chi connectivity index (χ0v) is 23.7. The molecule has 2 aliphatic rings. The maximum absolute atomic E-state index is 11.9. The molecule has 0 aliphatic carbocycles. The number of rotatable bonds is 8. The minimum atomic E-state index is -0.638. The number of carbonyl (C=O) groups excluding carboxylic acids is 1. The molecule has 2 aromatic heterocycles. The van der Waals surface area contributed by atoms with Crippen LogP contribution in [0.25, 0.3) is 22.6 Å². The van der Waals surface area contributed by atoms with E-state index in [2.05, 4.69) is 9.89 Å². The standard InChI is InChI=1S/C28H32N8O4S/c1-34(22-6-4-3-5-20(17-29-22)28(38)33-39)18-23-30-24-26(35(23)2)31-25(32-27(24)36-11-14-40-15-12-36)19-7-9-21(10-8-19)41-16-13-37/h3-10,17,37,39H,11-16,18H2,1-2H3,(H,33,38)/b4-3?,5-3+,6-4+,20-5?,20-17+,22-6?,29-17?,29-22+. The van der Waals surface area contributed by atoms with Crippen LogP contribution in [0, 0.1) is 0 Å². The highest BCUT2D eigenvalue weighted by Gasteiger charge is 2.23. The van der Waals surface area contributed by atoms with Gasteiger partial charge in [-0.05, 0) is 24.3 Å². The number of imidazole rings is 1. The van der Waals surface area contributed by atoms with Gasteiger partial charge in [-0.3, -0.25) is 10.0 Å². The number of ether oxygens (including phenoxy) is 1. The second-order valence-electron chi connectivity index (χ2n) is 9.41. The van der Waals surface area contributed by atoms with E-state index in [-0.39, 0.29) is 12.2 Å². The number of aryl methyl sites for hydroxylation is 1. The quantitative estimate of drug-likeness (QED) is 0.208. The fraction of sp³-hybridized carbons (Fsp3) is 0.321. The van der Waals surface area contributed by atoms with Crippen LogP contribution in [0.4, 0.5) is 5.82 Å². The van der Waals surface area contributed by atoms with Crippen molar-refractivity contribution in [2.24, 2.45) is 12.0 Å². The first-order valence-corrected chi connectivity index (χ1v) is 14.2. The minimum absolute atomic E-state index is 0.131. The number of morpholine rings is 1. The maximum atomic E-state index is 11.9. The fourth-order valence-corrected chi connectivity index (χ4v) is 5.12. The molecule has 0 radical (unpaired) electrons. The second-order valence-corrected chi connectivity index (χ2v) is 10.6. The lowest BCUT2D eigenvalue weighted by Gasteiger charge is -2.28. The molecule has 0 spiro atoms. The van der Waals surface area contributed by atoms with E-state index in [1.54, 1.807) is 35.5 Å². The van der Waals surface area contributed by atoms with Crippen LogP contribution in [0.1, 0.15) is 5.82 Å². The molecule has 5 rings (SSSR count). The lowest BCUT2D eigenvalue weighted by Crippen LogP contribution is -2.37. The number of aliphatic imine (C=N–C) groups is 1. The smallest absolute Gasteiger partial charge is 0.276 e. The van der Waals surface area contributed by atoms with Gasteiger partial charge in [0.25, 0.3) is 5.91 Å². The number of aliphatic hydroxyl groups is 1. The molecule has 1 amide bonds. The Balaban J connectivity index is 1.50. The number of amidine groups is 1. The van der Waals surface area contributed by atoms with Crippen LogP contribution in [0.5, 0.6) is 0 Å². The molecule has 0 bridgehead atoms. The molecule has 13 heteroatoms. The van der Waals surface area contributed by atoms with Gasteiger partial charge in [-0.1, -0.05) is 24.3 Å². The first kappa shape index (κ1) is 28.5. The maximum Gasteiger partial charge on any atom is 0.276 e. The summed E-state index contributed by atoms with van der Waals surface area (Å²) >= 11 is 1.60. The summed E-state index contributed by atoms with van der Waals surface area (Å²) in [5.41, 5.74) is 4.19. The van der Waals surface area contributed by atoms with Gasteiger partial charge >= 0.3 is 0 Å². The molecule has 0 atom stereocenters. The van der Waals surface area contributed by atoms with Crippen molar-refractivity contribution < 1.29 is 19.8 Å². The average Bonchev–Trinajstić information content (AvgIpc) is 3.30. The van der Waals surface area contributed by atoms with Crippen molar-refractivity contribution in [2.75, 3.05) is 50.6 Å². The number of anilines is 1. The van der Waals surface area contributed by atoms with Crippen molar-refractivity contribution in [3.63, 3.8) is 0 Å². The number of allylic oxidation sites excluding steroid dienone is 2. The molecule has 2 aliphatic heterocycles. The van der Waals surface area contributed by atoms with Crippen LogP contribution in [0.2, 0.25) is 0 Å². The summed E-state index contributed by atoms with van der Waals surface area (Å²) in [7, 11) is 3.83. The van der Waals surface area contributed by atoms with Crippen molar-refractivity contribution in [3.8, 4) is 11.4 Å². The predicted octanol–water partition coefficient (Wildman–Crippen LogP) is 2.30. The Labute approximate surface area is 241 Å². The average molecular weight is 577 g/mol. The molecule has 0 saturated carbocycles. The molecule has 1 aromatic carbocycles. The molecule has 1 saturated heterocycles. The van der Waals surface area contributed by atoms with Crippen LogP contribution in [-0.4, -0.2) is 92.2 Å². The number of nitrogens with one attached hydrogen (secondary N) is 1. The Hall–Kier alpha value is -4.04. The highest BCUT2D eigenvalue weighted by atomic mass is 32.2. The first-order chi connectivity index (χ1) is 20.0. The highest BCUT2D eigenvalue weighted by Crippen LogP contribution is 2.29. The lowest BCUT2D eigenvalue weighted by atomic mass is 10.2. The van der Waals surface area contributed by atoms with Gasteiger partial charge in [0, 0.05) is 49.6 Å². The van der Waals surface area contributed by atoms with E-state index in [9.17, 15) is 4.79 Å². The van der Waals surface area contributed by atoms with Crippen LogP contribution >= 0.6 is 11.8 Å². The van der Waals surface area contributed by atoms with E-state index >= 15 is 0 Å². The van der Waals surface area contributed by atoms with E-state index in [1.165, 1.54) is 6.20 Å². The Kier molecular flexibility index (Phi) is 9.09. The van der Waals surface area contributed by atoms with E-state index in [4.69, 9.17) is 30.0 Å². The molecule has 4 heterocycles. The van der Waals surface area contributed by atoms with Gasteiger partial charge in [-0.25, -0.2) is 25.4 Å². The third kappa shape index (κ3) is 6.49. The second kappa shape index (κ2) is 13.1. The van der Waals surface area contributed by atoms with Crippen LogP contribution < -0.4 is 10.4 Å². The molecular weight excluding hydrogens is 544 g/mol. The number of benzene rings is 1. The number of amides is 1. The Morgan fingerprint density at radius 2 is 1.88 bits per heavy atom. The molecule has 41 heavy (non-hydrogen) atoms. The highest BCUT2D eigenvalue weighted by molar-refractivity contribution is 7.99. The number of aromatic nitrogens is 4. The van der Waals surface area contributed by atoms with E-state index in [0.717, 1.165) is 33.3 Å². The first-order valence-electron chi connectivity index (χ1n) is 13.2. The normalized spacial score (nSPS) is 19.5. The largest absolute Gasteiger partial charge is 0.396 e. The SMILES string of the molecule is CN(Cc1nc2c(N3CCOCC3)nc(-c3ccc(SCCO)cc3)nc2n1C)C1=N/C=C(C(=O)NO)\C=C\C=C\1. The van der Waals surface area contributed by atoms with Crippen LogP contribution in [0.15, 0.2) is 70.2 Å². The molecule has 12 nitrogen and oxygen atoms in total. The summed E-state index contributed by atoms with van der Waals surface area (Å²) in [5, 5.41) is 18.1. The summed E-state index contributed by atoms with van der Waals surface area (Å²) in [5.74, 6) is 2.77. The van der Waals surface area contributed by atoms with Crippen molar-refractivity contribution >= 4 is 40.5 Å². The number of carbonyl (C=O) groups is 1. The van der Waals surface area contributed by atoms with Gasteiger partial charge in [0.05, 0.1) is 31.9 Å². The Bertz CT molecular complexity index is 1520. The van der Waals surface area contributed by atoms with Crippen molar-refractivity contribution in [3.05, 3.63) is 66.2 Å². The predicted molar refractivity (Wildman–Crippen MR) is 158 cm³/mol. The number of fused-ring (bicyclic) bond motifs is 1. The van der Waals surface area contributed by atoms with E-state index < -0.39 is 5.91 Å². The van der Waals surface area contributed by atoms with Gasteiger partial charge in [-0.15, -0.1) is 11.8 Å². The van der Waals surface area contributed by atoms with Crippen molar-refractivity contribution in [1.29, 1.82) is 0 Å². The zero-order valence-electron chi connectivity index (χ0n) is 22.9. The molecular formula is C28H32N8O4S. The summed E-state index contributed by atoms with van der Waals surface area (Å²) in [6.07, 6.45) is 8.31. The number of hydrogen-bond donors (Lipinski definition) is 3. The number of hydroxylamine groups is 1. The van der Waals surface area contributed by atoms with E-state index in [0.29, 0.717) is 50.3 Å². The summed E-state index contributed by atoms with van der Waals surface area (Å²) in [6.45, 7) is 3.20. The molecule has 0 unspecified atom stereocenters. The Morgan fingerprint density at radius 1 is 1.12 bits per heavy atom. The van der Waals surface area contributed by atoms with Gasteiger partial charge in [-0.2, -0.15) is 0 Å². The molecule has 3 aromatic rings. The number of aliphatic hydroxyl groups excluding tert-OH is 1. The van der Waals surface area contributed by atoms with Gasteiger partial charge in [0.2, 0.25) is 0 Å². The lowest BCUT2D eigenvalue weighted by molar-refractivity contribution is -0.124. The van der Waals surface area contributed by atoms with Crippen molar-refractivity contribution in [2.45, 2.75) is 11.4 Å². The monoisotopic (exact) mass is 576 g/mol. The number of hydrogen-bond acceptors (Lipinski definition) is 11. The molecule has 1 fully saturated rings. The van der Waals surface area contributed by atoms with E-state index in [1.807, 2.05) is 53.9 Å². The third-order valence-corrected chi connectivity index (χ3v) is 7.67. The third-order valence-electron chi connectivity index (χ3n) is 6.68. The molecule has 214 valence electrons. The van der Waals surface area contributed by atoms with Gasteiger partial charge in [0.1, 0.15) is 11.7 Å². The van der Waals surface area contributed by atoms with Gasteiger partial charge < -0.3 is 24.2 Å². The van der Waals surface area contributed by atoms with Crippen LogP contribution in [0.3, 0.4) is 0 Å². The number of likely N-dealkylation sites (N-methyl/N-ethyl adjacent to an activating group) is 1. The fourth-order valence-electron chi connectivity index (χ4n) is 4.46. The summed E-state index contributed by atoms with van der Waals surface area (Å²) in [4.78, 5) is 36.4. The molecule has 3 N–H and O–H groups in total. The zero-order chi connectivity index (χ0) is 28.8. The van der Waals surface area contributed by atoms with Crippen molar-refractivity contribution in [1.82, 2.24) is 29.9 Å². The van der Waals surface area contributed by atoms with Gasteiger partial charge in [0.15, 0.2) is 22.8 Å². The number of nitrogens with zero attached hydrogens (tertiary/aromatic N) is 7. The summed E-state index contributed by atoms with van der Waals surface area (Å²) in [6, 6.07) is 8.04. The Morgan fingerprint density at radius 3 is 2.61 bits per heavy atom. The minimum Gasteiger partial charge on any atom is -0.396 e. The number of thioether (sulfide) groups is 1. The summed E-state index contributed by atoms with van der Waals surface area (Å²) < 4.78 is 7.56. The van der Waals surface area contributed by atoms with Crippen LogP contribution in [-0.2, 0) is 23.1 Å².